The lowest BCUT2D eigenvalue weighted by Gasteiger charge is -2.48. The molecule has 1 atom stereocenters. The monoisotopic (exact) mass is 497 g/mol. The number of ether oxygens (including phenoxy) is 3. The van der Waals surface area contributed by atoms with E-state index in [4.69, 9.17) is 24.2 Å². The number of likely N-dealkylation sites (N-methyl/N-ethyl adjacent to an activating group) is 1. The number of piperidine rings is 1. The normalized spacial score (nSPS) is 20.7. The van der Waals surface area contributed by atoms with Crippen molar-refractivity contribution in [2.24, 2.45) is 0 Å². The van der Waals surface area contributed by atoms with E-state index in [2.05, 4.69) is 28.2 Å². The molecule has 0 amide bonds. The van der Waals surface area contributed by atoms with E-state index >= 15 is 0 Å². The van der Waals surface area contributed by atoms with Crippen molar-refractivity contribution in [2.45, 2.75) is 49.9 Å². The molecule has 3 fully saturated rings. The van der Waals surface area contributed by atoms with Gasteiger partial charge in [-0.2, -0.15) is 0 Å². The summed E-state index contributed by atoms with van der Waals surface area (Å²) in [6.45, 7) is 5.03. The average molecular weight is 498 g/mol. The van der Waals surface area contributed by atoms with Crippen molar-refractivity contribution in [1.82, 2.24) is 15.3 Å². The summed E-state index contributed by atoms with van der Waals surface area (Å²) in [6.07, 6.45) is 4.66. The molecule has 3 aliphatic heterocycles. The molecule has 1 spiro atoms. The number of aromatic nitrogens is 2. The molecule has 3 saturated heterocycles. The Hall–Kier alpha value is -2.46. The molecule has 0 bridgehead atoms. The third-order valence-electron chi connectivity index (χ3n) is 7.74. The zero-order valence-corrected chi connectivity index (χ0v) is 21.5. The van der Waals surface area contributed by atoms with Crippen LogP contribution in [0.4, 0.5) is 11.6 Å². The second kappa shape index (κ2) is 11.3. The van der Waals surface area contributed by atoms with Crippen LogP contribution in [0.5, 0.6) is 5.75 Å². The Morgan fingerprint density at radius 1 is 1.17 bits per heavy atom. The maximum atomic E-state index is 10.0. The Kier molecular flexibility index (Phi) is 7.90. The van der Waals surface area contributed by atoms with Crippen LogP contribution in [0.25, 0.3) is 11.4 Å². The van der Waals surface area contributed by atoms with Gasteiger partial charge in [0.1, 0.15) is 30.1 Å². The Morgan fingerprint density at radius 3 is 2.64 bits per heavy atom. The fourth-order valence-electron chi connectivity index (χ4n) is 5.29. The molecule has 196 valence electrons. The van der Waals surface area contributed by atoms with E-state index < -0.39 is 6.10 Å². The van der Waals surface area contributed by atoms with Gasteiger partial charge in [-0.05, 0) is 51.3 Å². The van der Waals surface area contributed by atoms with Gasteiger partial charge < -0.3 is 34.4 Å². The summed E-state index contributed by atoms with van der Waals surface area (Å²) < 4.78 is 17.4. The molecule has 0 aliphatic carbocycles. The fourth-order valence-corrected chi connectivity index (χ4v) is 5.29. The van der Waals surface area contributed by atoms with Crippen LogP contribution in [0.1, 0.15) is 32.1 Å². The van der Waals surface area contributed by atoms with Crippen molar-refractivity contribution >= 4 is 11.6 Å². The molecular formula is C27H39N5O4. The molecule has 0 saturated carbocycles. The lowest BCUT2D eigenvalue weighted by atomic mass is 9.84. The summed E-state index contributed by atoms with van der Waals surface area (Å²) in [5.41, 5.74) is 0.993. The van der Waals surface area contributed by atoms with E-state index in [-0.39, 0.29) is 12.2 Å². The third-order valence-corrected chi connectivity index (χ3v) is 7.74. The number of aliphatic hydroxyl groups is 1. The molecule has 1 unspecified atom stereocenters. The maximum Gasteiger partial charge on any atom is 0.163 e. The van der Waals surface area contributed by atoms with Crippen LogP contribution in [0, 0.1) is 0 Å². The summed E-state index contributed by atoms with van der Waals surface area (Å²) in [5.74, 6) is 3.26. The largest absolute Gasteiger partial charge is 0.491 e. The van der Waals surface area contributed by atoms with Crippen LogP contribution >= 0.6 is 0 Å². The van der Waals surface area contributed by atoms with E-state index in [9.17, 15) is 5.11 Å². The number of rotatable bonds is 9. The zero-order valence-electron chi connectivity index (χ0n) is 21.5. The number of anilines is 2. The minimum absolute atomic E-state index is 0.0949. The standard InChI is InChI=1S/C27H39N5O4/c1-28-18-22(33)19-35-23-5-3-4-20(16-23)26-29-24(31(2)21-6-13-34-14-7-21)17-25(30-26)32-11-8-27(9-12-32)10-15-36-27/h3-5,16-17,21-22,28,33H,6-15,18-19H2,1-2H3. The summed E-state index contributed by atoms with van der Waals surface area (Å²) in [5, 5.41) is 13.0. The van der Waals surface area contributed by atoms with Gasteiger partial charge in [-0.3, -0.25) is 0 Å². The second-order valence-electron chi connectivity index (χ2n) is 10.2. The first kappa shape index (κ1) is 25.2. The van der Waals surface area contributed by atoms with E-state index in [0.29, 0.717) is 24.2 Å². The quantitative estimate of drug-likeness (QED) is 0.542. The van der Waals surface area contributed by atoms with Crippen molar-refractivity contribution in [1.29, 1.82) is 0 Å². The number of hydrogen-bond acceptors (Lipinski definition) is 9. The minimum Gasteiger partial charge on any atom is -0.491 e. The molecule has 1 aromatic carbocycles. The lowest BCUT2D eigenvalue weighted by molar-refractivity contribution is -0.158. The Balaban J connectivity index is 1.40. The Labute approximate surface area is 213 Å². The first-order valence-electron chi connectivity index (χ1n) is 13.2. The highest BCUT2D eigenvalue weighted by Gasteiger charge is 2.41. The molecular weight excluding hydrogens is 458 g/mol. The van der Waals surface area contributed by atoms with E-state index in [0.717, 1.165) is 75.8 Å². The summed E-state index contributed by atoms with van der Waals surface area (Å²) in [7, 11) is 3.94. The first-order valence-corrected chi connectivity index (χ1v) is 13.2. The summed E-state index contributed by atoms with van der Waals surface area (Å²) >= 11 is 0. The number of nitrogens with one attached hydrogen (secondary N) is 1. The molecule has 5 rings (SSSR count). The smallest absolute Gasteiger partial charge is 0.163 e. The first-order chi connectivity index (χ1) is 17.5. The van der Waals surface area contributed by atoms with Crippen LogP contribution in [-0.4, -0.2) is 93.0 Å². The second-order valence-corrected chi connectivity index (χ2v) is 10.2. The average Bonchev–Trinajstić information content (AvgIpc) is 2.91. The number of nitrogens with zero attached hydrogens (tertiary/aromatic N) is 4. The predicted octanol–water partition coefficient (Wildman–Crippen LogP) is 2.48. The topological polar surface area (TPSA) is 92.2 Å². The molecule has 2 aromatic rings. The fraction of sp³-hybridized carbons (Fsp3) is 0.630. The number of hydrogen-bond donors (Lipinski definition) is 2. The zero-order chi connectivity index (χ0) is 25.0. The van der Waals surface area contributed by atoms with Crippen LogP contribution in [0.3, 0.4) is 0 Å². The van der Waals surface area contributed by atoms with Gasteiger partial charge in [0, 0.05) is 57.6 Å². The molecule has 3 aliphatic rings. The van der Waals surface area contributed by atoms with Gasteiger partial charge in [-0.15, -0.1) is 0 Å². The third kappa shape index (κ3) is 5.75. The van der Waals surface area contributed by atoms with Gasteiger partial charge in [0.15, 0.2) is 5.82 Å². The predicted molar refractivity (Wildman–Crippen MR) is 140 cm³/mol. The van der Waals surface area contributed by atoms with Gasteiger partial charge in [0.2, 0.25) is 0 Å². The summed E-state index contributed by atoms with van der Waals surface area (Å²) in [6, 6.07) is 10.3. The SMILES string of the molecule is CNCC(O)COc1cccc(-c2nc(N3CCC4(CCO4)CC3)cc(N(C)C3CCOCC3)n2)c1. The van der Waals surface area contributed by atoms with Gasteiger partial charge in [-0.1, -0.05) is 12.1 Å². The van der Waals surface area contributed by atoms with E-state index in [1.54, 1.807) is 0 Å². The maximum absolute atomic E-state index is 10.0. The molecule has 9 nitrogen and oxygen atoms in total. The van der Waals surface area contributed by atoms with Gasteiger partial charge in [0.05, 0.1) is 12.2 Å². The van der Waals surface area contributed by atoms with Crippen molar-refractivity contribution in [3.8, 4) is 17.1 Å². The van der Waals surface area contributed by atoms with Crippen molar-refractivity contribution in [3.05, 3.63) is 30.3 Å². The Morgan fingerprint density at radius 2 is 1.94 bits per heavy atom. The molecule has 0 radical (unpaired) electrons. The molecule has 9 heteroatoms. The minimum atomic E-state index is -0.569. The van der Waals surface area contributed by atoms with Crippen molar-refractivity contribution in [3.63, 3.8) is 0 Å². The van der Waals surface area contributed by atoms with Gasteiger partial charge in [0.25, 0.3) is 0 Å². The van der Waals surface area contributed by atoms with Crippen molar-refractivity contribution < 1.29 is 19.3 Å². The van der Waals surface area contributed by atoms with E-state index in [1.165, 1.54) is 6.42 Å². The van der Waals surface area contributed by atoms with Crippen LogP contribution in [-0.2, 0) is 9.47 Å². The Bertz CT molecular complexity index is 1000. The number of benzene rings is 1. The number of aliphatic hydroxyl groups excluding tert-OH is 1. The highest BCUT2D eigenvalue weighted by molar-refractivity contribution is 5.64. The van der Waals surface area contributed by atoms with Crippen LogP contribution < -0.4 is 19.9 Å². The van der Waals surface area contributed by atoms with Crippen molar-refractivity contribution in [2.75, 3.05) is 70.0 Å². The summed E-state index contributed by atoms with van der Waals surface area (Å²) in [4.78, 5) is 14.7. The highest BCUT2D eigenvalue weighted by Crippen LogP contribution is 2.38. The highest BCUT2D eigenvalue weighted by atomic mass is 16.5. The molecule has 36 heavy (non-hydrogen) atoms. The van der Waals surface area contributed by atoms with Crippen LogP contribution in [0.15, 0.2) is 30.3 Å². The molecule has 2 N–H and O–H groups in total. The van der Waals surface area contributed by atoms with E-state index in [1.807, 2.05) is 31.3 Å². The molecule has 4 heterocycles. The van der Waals surface area contributed by atoms with Gasteiger partial charge in [-0.25, -0.2) is 9.97 Å². The van der Waals surface area contributed by atoms with Gasteiger partial charge >= 0.3 is 0 Å². The van der Waals surface area contributed by atoms with Crippen LogP contribution in [0.2, 0.25) is 0 Å². The molecule has 1 aromatic heterocycles. The lowest BCUT2D eigenvalue weighted by Crippen LogP contribution is -2.52.